The van der Waals surface area contributed by atoms with E-state index in [1.54, 1.807) is 30.6 Å². The fourth-order valence-electron chi connectivity index (χ4n) is 2.35. The molecule has 0 saturated heterocycles. The average molecular weight is 368 g/mol. The van der Waals surface area contributed by atoms with Crippen molar-refractivity contribution in [2.45, 2.75) is 11.8 Å². The van der Waals surface area contributed by atoms with Gasteiger partial charge in [0.05, 0.1) is 4.90 Å². The maximum atomic E-state index is 12.3. The lowest BCUT2D eigenvalue weighted by Crippen LogP contribution is -2.11. The molecule has 1 atom stereocenters. The highest BCUT2D eigenvalue weighted by atomic mass is 32.2. The zero-order valence-corrected chi connectivity index (χ0v) is 15.2. The first-order valence-corrected chi connectivity index (χ1v) is 9.32. The molecule has 2 aromatic carbocycles. The van der Waals surface area contributed by atoms with Crippen LogP contribution in [0.3, 0.4) is 0 Å². The number of anilines is 1. The van der Waals surface area contributed by atoms with Gasteiger partial charge in [0.15, 0.2) is 0 Å². The molecule has 0 aliphatic heterocycles. The van der Waals surface area contributed by atoms with Gasteiger partial charge < -0.3 is 14.2 Å². The molecule has 3 aromatic rings. The largest absolute Gasteiger partial charge is 0.492 e. The third-order valence-electron chi connectivity index (χ3n) is 3.51. The lowest BCUT2D eigenvalue weighted by molar-refractivity contribution is 0.331. The van der Waals surface area contributed by atoms with Crippen molar-refractivity contribution in [3.8, 4) is 11.5 Å². The molecule has 0 saturated carbocycles. The number of pyridine rings is 1. The Hall–Kier alpha value is -2.86. The number of hydrogen-bond acceptors (Lipinski definition) is 5. The first-order chi connectivity index (χ1) is 12.7. The molecule has 0 fully saturated rings. The second-order valence-corrected chi connectivity index (χ2v) is 6.73. The van der Waals surface area contributed by atoms with Crippen LogP contribution in [0.1, 0.15) is 5.56 Å². The molecule has 26 heavy (non-hydrogen) atoms. The molecule has 3 rings (SSSR count). The van der Waals surface area contributed by atoms with Crippen molar-refractivity contribution in [3.05, 3.63) is 78.6 Å². The van der Waals surface area contributed by atoms with Crippen molar-refractivity contribution in [3.63, 3.8) is 0 Å². The summed E-state index contributed by atoms with van der Waals surface area (Å²) in [7, 11) is 0. The van der Waals surface area contributed by atoms with Gasteiger partial charge in [-0.05, 0) is 48.9 Å². The van der Waals surface area contributed by atoms with Crippen LogP contribution in [0, 0.1) is 6.92 Å². The zero-order chi connectivity index (χ0) is 18.2. The molecule has 0 amide bonds. The molecular formula is C20H20N2O3S. The number of hydrogen-bond donors (Lipinski definition) is 1. The number of aryl methyl sites for hydroxylation is 1. The van der Waals surface area contributed by atoms with Crippen LogP contribution in [0.5, 0.6) is 11.5 Å². The molecule has 134 valence electrons. The molecule has 1 heterocycles. The van der Waals surface area contributed by atoms with Gasteiger partial charge in [-0.25, -0.2) is 4.21 Å². The Bertz CT molecular complexity index is 857. The van der Waals surface area contributed by atoms with Gasteiger partial charge in [0, 0.05) is 30.7 Å². The Kier molecular flexibility index (Phi) is 6.22. The topological polar surface area (TPSA) is 60.4 Å². The summed E-state index contributed by atoms with van der Waals surface area (Å²) in [6, 6.07) is 18.4. The standard InChI is InChI=1S/C20H20N2O3S/c1-16-13-18(24-12-11-22-17-7-9-21-10-8-17)15-19(14-16)25-26(23)20-5-3-2-4-6-20/h2-10,13-15H,11-12H2,1H3,(H,21,22). The van der Waals surface area contributed by atoms with Crippen LogP contribution in [0.25, 0.3) is 0 Å². The van der Waals surface area contributed by atoms with Gasteiger partial charge in [-0.3, -0.25) is 4.98 Å². The van der Waals surface area contributed by atoms with Gasteiger partial charge in [0.1, 0.15) is 18.1 Å². The molecule has 0 aliphatic rings. The lowest BCUT2D eigenvalue weighted by Gasteiger charge is -2.11. The van der Waals surface area contributed by atoms with Gasteiger partial charge in [0.25, 0.3) is 0 Å². The molecular weight excluding hydrogens is 348 g/mol. The Balaban J connectivity index is 1.56. The Morgan fingerprint density at radius 2 is 1.73 bits per heavy atom. The predicted molar refractivity (Wildman–Crippen MR) is 103 cm³/mol. The Morgan fingerprint density at radius 3 is 2.50 bits per heavy atom. The summed E-state index contributed by atoms with van der Waals surface area (Å²) in [5.74, 6) is 1.20. The van der Waals surface area contributed by atoms with Crippen molar-refractivity contribution in [1.82, 2.24) is 4.98 Å². The summed E-state index contributed by atoms with van der Waals surface area (Å²) in [5.41, 5.74) is 1.97. The van der Waals surface area contributed by atoms with E-state index in [4.69, 9.17) is 8.92 Å². The zero-order valence-electron chi connectivity index (χ0n) is 14.4. The van der Waals surface area contributed by atoms with Crippen molar-refractivity contribution >= 4 is 16.8 Å². The third kappa shape index (κ3) is 5.32. The van der Waals surface area contributed by atoms with E-state index in [2.05, 4.69) is 10.3 Å². The number of benzene rings is 2. The summed E-state index contributed by atoms with van der Waals surface area (Å²) < 4.78 is 23.6. The molecule has 6 heteroatoms. The van der Waals surface area contributed by atoms with Crippen LogP contribution < -0.4 is 14.2 Å². The van der Waals surface area contributed by atoms with Gasteiger partial charge in [-0.1, -0.05) is 18.2 Å². The summed E-state index contributed by atoms with van der Waals surface area (Å²) in [6.07, 6.45) is 3.47. The molecule has 0 radical (unpaired) electrons. The van der Waals surface area contributed by atoms with Crippen molar-refractivity contribution in [1.29, 1.82) is 0 Å². The van der Waals surface area contributed by atoms with Crippen molar-refractivity contribution in [2.75, 3.05) is 18.5 Å². The number of nitrogens with zero attached hydrogens (tertiary/aromatic N) is 1. The van der Waals surface area contributed by atoms with Crippen molar-refractivity contribution in [2.24, 2.45) is 0 Å². The minimum Gasteiger partial charge on any atom is -0.492 e. The molecule has 0 aliphatic carbocycles. The Labute approximate surface area is 155 Å². The first kappa shape index (κ1) is 17.9. The predicted octanol–water partition coefficient (Wildman–Crippen LogP) is 3.98. The Morgan fingerprint density at radius 1 is 1.00 bits per heavy atom. The third-order valence-corrected chi connectivity index (χ3v) is 4.51. The van der Waals surface area contributed by atoms with E-state index >= 15 is 0 Å². The fraction of sp³-hybridized carbons (Fsp3) is 0.150. The number of aromatic nitrogens is 1. The normalized spacial score (nSPS) is 11.6. The second-order valence-electron chi connectivity index (χ2n) is 5.62. The average Bonchev–Trinajstić information content (AvgIpc) is 2.66. The van der Waals surface area contributed by atoms with Gasteiger partial charge in [0.2, 0.25) is 11.1 Å². The summed E-state index contributed by atoms with van der Waals surface area (Å²) in [5, 5.41) is 3.25. The second kappa shape index (κ2) is 9.01. The van der Waals surface area contributed by atoms with E-state index < -0.39 is 11.1 Å². The van der Waals surface area contributed by atoms with E-state index in [9.17, 15) is 4.21 Å². The van der Waals surface area contributed by atoms with Crippen LogP contribution in [0.4, 0.5) is 5.69 Å². The SMILES string of the molecule is Cc1cc(OCCNc2ccncc2)cc(OS(=O)c2ccccc2)c1. The van der Waals surface area contributed by atoms with E-state index in [0.717, 1.165) is 11.3 Å². The highest BCUT2D eigenvalue weighted by Crippen LogP contribution is 2.24. The van der Waals surface area contributed by atoms with E-state index in [1.807, 2.05) is 49.4 Å². The van der Waals surface area contributed by atoms with Crippen LogP contribution in [0.2, 0.25) is 0 Å². The van der Waals surface area contributed by atoms with Crippen LogP contribution in [-0.2, 0) is 11.1 Å². The molecule has 1 N–H and O–H groups in total. The van der Waals surface area contributed by atoms with Crippen LogP contribution in [0.15, 0.2) is 78.0 Å². The van der Waals surface area contributed by atoms with Gasteiger partial charge in [-0.15, -0.1) is 0 Å². The van der Waals surface area contributed by atoms with Crippen LogP contribution in [-0.4, -0.2) is 22.3 Å². The summed E-state index contributed by atoms with van der Waals surface area (Å²) in [6.45, 7) is 3.09. The smallest absolute Gasteiger partial charge is 0.240 e. The minimum atomic E-state index is -1.56. The maximum Gasteiger partial charge on any atom is 0.240 e. The maximum absolute atomic E-state index is 12.3. The number of ether oxygens (including phenoxy) is 1. The fourth-order valence-corrected chi connectivity index (χ4v) is 3.09. The van der Waals surface area contributed by atoms with Crippen LogP contribution >= 0.6 is 0 Å². The van der Waals surface area contributed by atoms with Gasteiger partial charge >= 0.3 is 0 Å². The molecule has 0 spiro atoms. The quantitative estimate of drug-likeness (QED) is 0.610. The molecule has 1 aromatic heterocycles. The van der Waals surface area contributed by atoms with E-state index in [0.29, 0.717) is 29.5 Å². The highest BCUT2D eigenvalue weighted by Gasteiger charge is 2.08. The van der Waals surface area contributed by atoms with Crippen molar-refractivity contribution < 1.29 is 13.1 Å². The summed E-state index contributed by atoms with van der Waals surface area (Å²) >= 11 is -1.56. The number of rotatable bonds is 8. The van der Waals surface area contributed by atoms with Gasteiger partial charge in [-0.2, -0.15) is 0 Å². The summed E-state index contributed by atoms with van der Waals surface area (Å²) in [4.78, 5) is 4.60. The first-order valence-electron chi connectivity index (χ1n) is 8.24. The minimum absolute atomic E-state index is 0.493. The monoisotopic (exact) mass is 368 g/mol. The highest BCUT2D eigenvalue weighted by molar-refractivity contribution is 7.80. The number of nitrogens with one attached hydrogen (secondary N) is 1. The van der Waals surface area contributed by atoms with E-state index in [-0.39, 0.29) is 0 Å². The molecule has 0 bridgehead atoms. The van der Waals surface area contributed by atoms with E-state index in [1.165, 1.54) is 0 Å². The molecule has 1 unspecified atom stereocenters. The molecule has 5 nitrogen and oxygen atoms in total. The lowest BCUT2D eigenvalue weighted by atomic mass is 10.2.